The second kappa shape index (κ2) is 6.30. The Balaban J connectivity index is 1.96. The molecule has 20 heavy (non-hydrogen) atoms. The van der Waals surface area contributed by atoms with Crippen LogP contribution in [0.4, 0.5) is 11.4 Å². The summed E-state index contributed by atoms with van der Waals surface area (Å²) in [7, 11) is 0. The van der Waals surface area contributed by atoms with Crippen molar-refractivity contribution in [1.82, 2.24) is 0 Å². The molecule has 2 aromatic rings. The third kappa shape index (κ3) is 3.65. The third-order valence-electron chi connectivity index (χ3n) is 2.67. The molecule has 0 aliphatic rings. The predicted octanol–water partition coefficient (Wildman–Crippen LogP) is 3.25. The van der Waals surface area contributed by atoms with Crippen LogP contribution in [0.5, 0.6) is 5.75 Å². The summed E-state index contributed by atoms with van der Waals surface area (Å²) in [6.07, 6.45) is 0. The Morgan fingerprint density at radius 1 is 1.30 bits per heavy atom. The first kappa shape index (κ1) is 14.2. The zero-order valence-electron chi connectivity index (χ0n) is 11.0. The molecule has 0 aliphatic heterocycles. The van der Waals surface area contributed by atoms with E-state index in [1.165, 1.54) is 0 Å². The number of carbonyl (C=O) groups is 1. The van der Waals surface area contributed by atoms with E-state index in [0.717, 1.165) is 5.56 Å². The van der Waals surface area contributed by atoms with E-state index in [-0.39, 0.29) is 12.5 Å². The number of nitrogens with one attached hydrogen (secondary N) is 1. The molecule has 0 saturated carbocycles. The Hall–Kier alpha value is -2.20. The number of hydrogen-bond acceptors (Lipinski definition) is 3. The van der Waals surface area contributed by atoms with E-state index in [2.05, 4.69) is 5.32 Å². The molecule has 2 rings (SSSR count). The molecule has 0 aromatic heterocycles. The van der Waals surface area contributed by atoms with Crippen molar-refractivity contribution in [2.45, 2.75) is 6.92 Å². The van der Waals surface area contributed by atoms with Crippen molar-refractivity contribution in [2.24, 2.45) is 0 Å². The lowest BCUT2D eigenvalue weighted by molar-refractivity contribution is -0.118. The topological polar surface area (TPSA) is 64.3 Å². The Bertz CT molecular complexity index is 629. The van der Waals surface area contributed by atoms with Gasteiger partial charge in [-0.2, -0.15) is 0 Å². The molecule has 1 amide bonds. The van der Waals surface area contributed by atoms with Crippen molar-refractivity contribution < 1.29 is 9.53 Å². The first-order chi connectivity index (χ1) is 9.56. The summed E-state index contributed by atoms with van der Waals surface area (Å²) in [4.78, 5) is 11.8. The van der Waals surface area contributed by atoms with Crippen LogP contribution in [-0.4, -0.2) is 12.5 Å². The zero-order chi connectivity index (χ0) is 14.5. The van der Waals surface area contributed by atoms with Crippen LogP contribution in [0.25, 0.3) is 0 Å². The molecule has 0 atom stereocenters. The van der Waals surface area contributed by atoms with Gasteiger partial charge in [0.2, 0.25) is 0 Å². The van der Waals surface area contributed by atoms with Crippen molar-refractivity contribution in [1.29, 1.82) is 0 Å². The second-order valence-electron chi connectivity index (χ2n) is 4.36. The molecule has 3 N–H and O–H groups in total. The minimum Gasteiger partial charge on any atom is -0.482 e. The van der Waals surface area contributed by atoms with Gasteiger partial charge in [-0.05, 0) is 36.8 Å². The quantitative estimate of drug-likeness (QED) is 0.850. The largest absolute Gasteiger partial charge is 0.482 e. The molecule has 0 bridgehead atoms. The van der Waals surface area contributed by atoms with E-state index in [1.54, 1.807) is 36.4 Å². The van der Waals surface area contributed by atoms with Crippen molar-refractivity contribution in [3.8, 4) is 5.75 Å². The number of halogens is 1. The molecule has 0 radical (unpaired) electrons. The van der Waals surface area contributed by atoms with Gasteiger partial charge in [-0.3, -0.25) is 4.79 Å². The van der Waals surface area contributed by atoms with E-state index < -0.39 is 0 Å². The summed E-state index contributed by atoms with van der Waals surface area (Å²) in [5.41, 5.74) is 7.80. The van der Waals surface area contributed by atoms with Crippen LogP contribution in [0.2, 0.25) is 5.02 Å². The van der Waals surface area contributed by atoms with Gasteiger partial charge in [-0.15, -0.1) is 0 Å². The standard InChI is InChI=1S/C15H15ClN2O2/c1-10-6-7-11(16)13(8-10)18-15(19)9-20-14-5-3-2-4-12(14)17/h2-8H,9,17H2,1H3,(H,18,19). The lowest BCUT2D eigenvalue weighted by atomic mass is 10.2. The van der Waals surface area contributed by atoms with Crippen LogP contribution in [-0.2, 0) is 4.79 Å². The van der Waals surface area contributed by atoms with Crippen molar-refractivity contribution in [2.75, 3.05) is 17.7 Å². The third-order valence-corrected chi connectivity index (χ3v) is 3.00. The van der Waals surface area contributed by atoms with Crippen molar-refractivity contribution in [3.63, 3.8) is 0 Å². The van der Waals surface area contributed by atoms with Crippen LogP contribution in [0.3, 0.4) is 0 Å². The number of amides is 1. The maximum atomic E-state index is 11.8. The summed E-state index contributed by atoms with van der Waals surface area (Å²) in [5.74, 6) is 0.193. The summed E-state index contributed by atoms with van der Waals surface area (Å²) in [6, 6.07) is 12.4. The summed E-state index contributed by atoms with van der Waals surface area (Å²) in [5, 5.41) is 3.19. The maximum absolute atomic E-state index is 11.8. The number of hydrogen-bond donors (Lipinski definition) is 2. The van der Waals surface area contributed by atoms with Crippen LogP contribution < -0.4 is 15.8 Å². The molecule has 0 heterocycles. The number of nitrogens with two attached hydrogens (primary N) is 1. The first-order valence-electron chi connectivity index (χ1n) is 6.09. The lowest BCUT2D eigenvalue weighted by Gasteiger charge is -2.10. The summed E-state index contributed by atoms with van der Waals surface area (Å²) in [6.45, 7) is 1.80. The van der Waals surface area contributed by atoms with E-state index in [4.69, 9.17) is 22.1 Å². The van der Waals surface area contributed by atoms with Crippen LogP contribution >= 0.6 is 11.6 Å². The fraction of sp³-hybridized carbons (Fsp3) is 0.133. The average Bonchev–Trinajstić information content (AvgIpc) is 2.42. The highest BCUT2D eigenvalue weighted by molar-refractivity contribution is 6.33. The van der Waals surface area contributed by atoms with E-state index in [0.29, 0.717) is 22.1 Å². The molecule has 0 unspecified atom stereocenters. The van der Waals surface area contributed by atoms with Gasteiger partial charge in [0.05, 0.1) is 16.4 Å². The van der Waals surface area contributed by atoms with Gasteiger partial charge in [-0.1, -0.05) is 29.8 Å². The predicted molar refractivity (Wildman–Crippen MR) is 81.2 cm³/mol. The monoisotopic (exact) mass is 290 g/mol. The van der Waals surface area contributed by atoms with Gasteiger partial charge in [0.25, 0.3) is 5.91 Å². The minimum atomic E-state index is -0.291. The normalized spacial score (nSPS) is 10.1. The molecule has 0 fully saturated rings. The Labute approximate surface area is 122 Å². The van der Waals surface area contributed by atoms with Crippen LogP contribution in [0, 0.1) is 6.92 Å². The smallest absolute Gasteiger partial charge is 0.262 e. The van der Waals surface area contributed by atoms with Gasteiger partial charge < -0.3 is 15.8 Å². The van der Waals surface area contributed by atoms with Crippen LogP contribution in [0.15, 0.2) is 42.5 Å². The molecule has 2 aromatic carbocycles. The molecule has 104 valence electrons. The number of carbonyl (C=O) groups excluding carboxylic acids is 1. The fourth-order valence-corrected chi connectivity index (χ4v) is 1.84. The highest BCUT2D eigenvalue weighted by Crippen LogP contribution is 2.23. The minimum absolute atomic E-state index is 0.127. The van der Waals surface area contributed by atoms with E-state index >= 15 is 0 Å². The van der Waals surface area contributed by atoms with Crippen molar-refractivity contribution in [3.05, 3.63) is 53.1 Å². The highest BCUT2D eigenvalue weighted by Gasteiger charge is 2.08. The van der Waals surface area contributed by atoms with Crippen LogP contribution in [0.1, 0.15) is 5.56 Å². The number of aryl methyl sites for hydroxylation is 1. The molecule has 4 nitrogen and oxygen atoms in total. The Morgan fingerprint density at radius 2 is 2.05 bits per heavy atom. The van der Waals surface area contributed by atoms with E-state index in [1.807, 2.05) is 13.0 Å². The van der Waals surface area contributed by atoms with E-state index in [9.17, 15) is 4.79 Å². The zero-order valence-corrected chi connectivity index (χ0v) is 11.8. The lowest BCUT2D eigenvalue weighted by Crippen LogP contribution is -2.20. The number of nitrogen functional groups attached to an aromatic ring is 1. The van der Waals surface area contributed by atoms with Gasteiger partial charge in [0.15, 0.2) is 6.61 Å². The molecule has 0 aliphatic carbocycles. The molecular weight excluding hydrogens is 276 g/mol. The molecule has 0 saturated heterocycles. The van der Waals surface area contributed by atoms with Gasteiger partial charge in [0, 0.05) is 0 Å². The number of benzene rings is 2. The highest BCUT2D eigenvalue weighted by atomic mass is 35.5. The summed E-state index contributed by atoms with van der Waals surface area (Å²) >= 11 is 6.01. The SMILES string of the molecule is Cc1ccc(Cl)c(NC(=O)COc2ccccc2N)c1. The number of ether oxygens (including phenoxy) is 1. The Morgan fingerprint density at radius 3 is 2.80 bits per heavy atom. The van der Waals surface area contributed by atoms with Gasteiger partial charge in [-0.25, -0.2) is 0 Å². The van der Waals surface area contributed by atoms with Crippen molar-refractivity contribution >= 4 is 28.9 Å². The fourth-order valence-electron chi connectivity index (χ4n) is 1.68. The number of para-hydroxylation sites is 2. The number of rotatable bonds is 4. The molecule has 0 spiro atoms. The maximum Gasteiger partial charge on any atom is 0.262 e. The summed E-state index contributed by atoms with van der Waals surface area (Å²) < 4.78 is 5.36. The van der Waals surface area contributed by atoms with Gasteiger partial charge >= 0.3 is 0 Å². The first-order valence-corrected chi connectivity index (χ1v) is 6.47. The molecule has 5 heteroatoms. The second-order valence-corrected chi connectivity index (χ2v) is 4.77. The molecular formula is C15H15ClN2O2. The number of anilines is 2. The Kier molecular flexibility index (Phi) is 4.48. The van der Waals surface area contributed by atoms with Gasteiger partial charge in [0.1, 0.15) is 5.75 Å². The average molecular weight is 291 g/mol.